The molecular formula is C22H37IN2O7. The molecule has 1 aliphatic rings. The summed E-state index contributed by atoms with van der Waals surface area (Å²) in [6.07, 6.45) is 0. The zero-order valence-electron chi connectivity index (χ0n) is 18.8. The fraction of sp³-hybridized carbons (Fsp3) is 0.727. The van der Waals surface area contributed by atoms with E-state index in [1.807, 2.05) is 18.2 Å². The Kier molecular flexibility index (Phi) is 16.1. The lowest BCUT2D eigenvalue weighted by Crippen LogP contribution is -2.35. The van der Waals surface area contributed by atoms with Crippen LogP contribution in [0.25, 0.3) is 0 Å². The van der Waals surface area contributed by atoms with Crippen LogP contribution in [0.5, 0.6) is 11.5 Å². The SMILES string of the molecule is OCc1ccc2c(c1)OCCN(CCOCCOCI)CCOCCOCCNCCO2. The van der Waals surface area contributed by atoms with E-state index in [1.165, 1.54) is 0 Å². The number of hydrogen-bond acceptors (Lipinski definition) is 9. The third-order valence-electron chi connectivity index (χ3n) is 4.74. The molecule has 2 rings (SSSR count). The lowest BCUT2D eigenvalue weighted by atomic mass is 10.2. The predicted octanol–water partition coefficient (Wildman–Crippen LogP) is 1.30. The van der Waals surface area contributed by atoms with Crippen LogP contribution in [0, 0.1) is 0 Å². The van der Waals surface area contributed by atoms with E-state index in [0.717, 1.165) is 31.7 Å². The molecule has 0 fully saturated rings. The monoisotopic (exact) mass is 568 g/mol. The molecular weight excluding hydrogens is 531 g/mol. The number of rotatable bonds is 8. The minimum Gasteiger partial charge on any atom is -0.488 e. The number of nitrogens with zero attached hydrogens (tertiary/aromatic N) is 1. The topological polar surface area (TPSA) is 90.9 Å². The summed E-state index contributed by atoms with van der Waals surface area (Å²) in [7, 11) is 0. The zero-order valence-corrected chi connectivity index (χ0v) is 20.9. The van der Waals surface area contributed by atoms with Crippen molar-refractivity contribution in [2.45, 2.75) is 6.61 Å². The molecule has 0 amide bonds. The molecule has 0 atom stereocenters. The van der Waals surface area contributed by atoms with Gasteiger partial charge in [0.2, 0.25) is 0 Å². The Bertz CT molecular complexity index is 597. The van der Waals surface area contributed by atoms with Gasteiger partial charge in [0.1, 0.15) is 13.2 Å². The first-order valence-corrected chi connectivity index (χ1v) is 12.7. The van der Waals surface area contributed by atoms with E-state index in [4.69, 9.17) is 28.4 Å². The molecule has 0 saturated heterocycles. The number of nitrogens with one attached hydrogen (secondary N) is 1. The van der Waals surface area contributed by atoms with Gasteiger partial charge in [0.25, 0.3) is 0 Å². The fourth-order valence-corrected chi connectivity index (χ4v) is 3.30. The molecule has 0 bridgehead atoms. The smallest absolute Gasteiger partial charge is 0.161 e. The average molecular weight is 568 g/mol. The first-order chi connectivity index (χ1) is 15.8. The molecule has 1 aromatic rings. The summed E-state index contributed by atoms with van der Waals surface area (Å²) in [6.45, 7) is 8.93. The molecule has 10 heteroatoms. The van der Waals surface area contributed by atoms with Gasteiger partial charge >= 0.3 is 0 Å². The Balaban J connectivity index is 1.90. The number of aliphatic hydroxyl groups is 1. The second-order valence-electron chi connectivity index (χ2n) is 7.08. The van der Waals surface area contributed by atoms with Gasteiger partial charge in [0.05, 0.1) is 57.5 Å². The van der Waals surface area contributed by atoms with Crippen LogP contribution < -0.4 is 14.8 Å². The highest BCUT2D eigenvalue weighted by Crippen LogP contribution is 2.28. The number of aliphatic hydroxyl groups excluding tert-OH is 1. The van der Waals surface area contributed by atoms with Crippen LogP contribution >= 0.6 is 22.6 Å². The number of ether oxygens (including phenoxy) is 6. The molecule has 0 saturated carbocycles. The van der Waals surface area contributed by atoms with Crippen LogP contribution in [-0.4, -0.2) is 107 Å². The molecule has 184 valence electrons. The van der Waals surface area contributed by atoms with Crippen molar-refractivity contribution in [1.82, 2.24) is 10.2 Å². The molecule has 9 nitrogen and oxygen atoms in total. The highest BCUT2D eigenvalue weighted by molar-refractivity contribution is 14.1. The van der Waals surface area contributed by atoms with Gasteiger partial charge < -0.3 is 38.8 Å². The summed E-state index contributed by atoms with van der Waals surface area (Å²) < 4.78 is 34.9. The largest absolute Gasteiger partial charge is 0.488 e. The Morgan fingerprint density at radius 2 is 1.62 bits per heavy atom. The first kappa shape index (κ1) is 27.5. The molecule has 32 heavy (non-hydrogen) atoms. The van der Waals surface area contributed by atoms with Gasteiger partial charge in [-0.3, -0.25) is 4.90 Å². The number of halogens is 1. The highest BCUT2D eigenvalue weighted by Gasteiger charge is 2.10. The van der Waals surface area contributed by atoms with E-state index in [1.54, 1.807) is 0 Å². The van der Waals surface area contributed by atoms with Crippen molar-refractivity contribution in [3.63, 3.8) is 0 Å². The molecule has 0 aromatic heterocycles. The van der Waals surface area contributed by atoms with Crippen LogP contribution in [0.15, 0.2) is 18.2 Å². The Morgan fingerprint density at radius 1 is 0.875 bits per heavy atom. The van der Waals surface area contributed by atoms with Crippen molar-refractivity contribution in [3.8, 4) is 11.5 Å². The van der Waals surface area contributed by atoms with Crippen molar-refractivity contribution in [3.05, 3.63) is 23.8 Å². The van der Waals surface area contributed by atoms with Crippen LogP contribution in [0.3, 0.4) is 0 Å². The van der Waals surface area contributed by atoms with Gasteiger partial charge in [0, 0.05) is 32.7 Å². The lowest BCUT2D eigenvalue weighted by molar-refractivity contribution is 0.0267. The van der Waals surface area contributed by atoms with E-state index < -0.39 is 0 Å². The maximum absolute atomic E-state index is 9.48. The number of alkyl halides is 1. The third-order valence-corrected chi connectivity index (χ3v) is 5.18. The van der Waals surface area contributed by atoms with E-state index >= 15 is 0 Å². The van der Waals surface area contributed by atoms with E-state index in [-0.39, 0.29) is 6.61 Å². The molecule has 0 unspecified atom stereocenters. The minimum atomic E-state index is -0.0414. The van der Waals surface area contributed by atoms with Gasteiger partial charge in [-0.2, -0.15) is 0 Å². The zero-order chi connectivity index (χ0) is 22.7. The van der Waals surface area contributed by atoms with Crippen LogP contribution in [0.2, 0.25) is 0 Å². The summed E-state index contributed by atoms with van der Waals surface area (Å²) in [5, 5.41) is 12.8. The van der Waals surface area contributed by atoms with Crippen LogP contribution in [0.4, 0.5) is 0 Å². The normalized spacial score (nSPS) is 18.1. The van der Waals surface area contributed by atoms with E-state index in [2.05, 4.69) is 32.8 Å². The lowest BCUT2D eigenvalue weighted by Gasteiger charge is -2.23. The minimum absolute atomic E-state index is 0.0414. The predicted molar refractivity (Wildman–Crippen MR) is 130 cm³/mol. The summed E-state index contributed by atoms with van der Waals surface area (Å²) in [5.74, 6) is 1.32. The molecule has 0 radical (unpaired) electrons. The van der Waals surface area contributed by atoms with Crippen LogP contribution in [-0.2, 0) is 25.6 Å². The summed E-state index contributed by atoms with van der Waals surface area (Å²) >= 11 is 2.17. The fourth-order valence-electron chi connectivity index (χ4n) is 2.99. The van der Waals surface area contributed by atoms with Crippen molar-refractivity contribution < 1.29 is 33.5 Å². The third kappa shape index (κ3) is 12.5. The van der Waals surface area contributed by atoms with Gasteiger partial charge in [-0.1, -0.05) is 28.7 Å². The molecule has 1 aromatic carbocycles. The molecule has 1 heterocycles. The van der Waals surface area contributed by atoms with Crippen LogP contribution in [0.1, 0.15) is 5.56 Å². The quantitative estimate of drug-likeness (QED) is 0.274. The number of hydrogen-bond donors (Lipinski definition) is 2. The maximum atomic E-state index is 9.48. The summed E-state index contributed by atoms with van der Waals surface area (Å²) in [6, 6.07) is 5.52. The van der Waals surface area contributed by atoms with Crippen molar-refractivity contribution >= 4 is 22.6 Å². The van der Waals surface area contributed by atoms with Gasteiger partial charge in [-0.15, -0.1) is 0 Å². The molecule has 1 aliphatic heterocycles. The van der Waals surface area contributed by atoms with Gasteiger partial charge in [-0.05, 0) is 17.7 Å². The van der Waals surface area contributed by atoms with E-state index in [0.29, 0.717) is 82.1 Å². The van der Waals surface area contributed by atoms with Crippen molar-refractivity contribution in [2.75, 3.05) is 96.8 Å². The van der Waals surface area contributed by atoms with Crippen molar-refractivity contribution in [1.29, 1.82) is 0 Å². The Morgan fingerprint density at radius 3 is 2.47 bits per heavy atom. The Hall–Kier alpha value is -0.730. The average Bonchev–Trinajstić information content (AvgIpc) is 2.81. The molecule has 0 spiro atoms. The van der Waals surface area contributed by atoms with Crippen molar-refractivity contribution in [2.24, 2.45) is 0 Å². The highest BCUT2D eigenvalue weighted by atomic mass is 127. The molecule has 0 aliphatic carbocycles. The van der Waals surface area contributed by atoms with E-state index in [9.17, 15) is 5.11 Å². The summed E-state index contributed by atoms with van der Waals surface area (Å²) in [5.41, 5.74) is 0.789. The van der Waals surface area contributed by atoms with Gasteiger partial charge in [-0.25, -0.2) is 0 Å². The van der Waals surface area contributed by atoms with Gasteiger partial charge in [0.15, 0.2) is 11.5 Å². The number of benzene rings is 1. The first-order valence-electron chi connectivity index (χ1n) is 11.1. The summed E-state index contributed by atoms with van der Waals surface area (Å²) in [4.78, 5) is 2.25. The molecule has 2 N–H and O–H groups in total. The number of fused-ring (bicyclic) bond motifs is 1. The Labute approximate surface area is 204 Å². The standard InChI is InChI=1S/C22H37IN2O7/c23-19-30-16-15-29-11-6-25-5-10-28-14-13-27-8-3-24-4-9-31-21-2-1-20(18-26)17-22(21)32-12-7-25/h1-2,17,24,26H,3-16,18-19H2. The second-order valence-corrected chi connectivity index (χ2v) is 7.71. The maximum Gasteiger partial charge on any atom is 0.161 e. The second kappa shape index (κ2) is 18.7.